The van der Waals surface area contributed by atoms with Gasteiger partial charge in [0.2, 0.25) is 0 Å². The number of rotatable bonds is 2. The van der Waals surface area contributed by atoms with Crippen LogP contribution in [0.15, 0.2) is 85.3 Å². The number of imidazole rings is 1. The second-order valence-corrected chi connectivity index (χ2v) is 6.14. The summed E-state index contributed by atoms with van der Waals surface area (Å²) in [5.74, 6) is 1.12. The van der Waals surface area contributed by atoms with Crippen molar-refractivity contribution in [2.24, 2.45) is 7.05 Å². The molecule has 4 heteroatoms. The maximum atomic E-state index is 4.62. The number of fused-ring (bicyclic) bond motifs is 3. The van der Waals surface area contributed by atoms with Gasteiger partial charge in [-0.1, -0.05) is 36.4 Å². The van der Waals surface area contributed by atoms with Gasteiger partial charge in [0.25, 0.3) is 0 Å². The summed E-state index contributed by atoms with van der Waals surface area (Å²) in [6, 6.07) is 23.0. The lowest BCUT2D eigenvalue weighted by atomic mass is 10.2. The standard InChI is InChI=1S/C21H17N4/c1-23-14-15-24(21(23)16-8-3-2-4-9-16)25-18-11-6-5-10-17(18)20-19(25)12-7-13-22-20/h2-15H,1H3/q+1. The first-order chi connectivity index (χ1) is 12.3. The maximum Gasteiger partial charge on any atom is 0.312 e. The number of aromatic nitrogens is 4. The maximum absolute atomic E-state index is 4.62. The van der Waals surface area contributed by atoms with Crippen molar-refractivity contribution in [2.45, 2.75) is 0 Å². The van der Waals surface area contributed by atoms with Crippen LogP contribution in [0.25, 0.3) is 33.3 Å². The van der Waals surface area contributed by atoms with Gasteiger partial charge in [-0.05, 0) is 30.3 Å². The van der Waals surface area contributed by atoms with Gasteiger partial charge in [-0.3, -0.25) is 4.98 Å². The average Bonchev–Trinajstić information content (AvgIpc) is 3.20. The summed E-state index contributed by atoms with van der Waals surface area (Å²) in [5.41, 5.74) is 4.43. The van der Waals surface area contributed by atoms with Crippen LogP contribution in [0.2, 0.25) is 0 Å². The first-order valence-corrected chi connectivity index (χ1v) is 8.32. The molecular formula is C21H17N4+. The fraction of sp³-hybridized carbons (Fsp3) is 0.0476. The average molecular weight is 325 g/mol. The normalized spacial score (nSPS) is 11.4. The zero-order chi connectivity index (χ0) is 16.8. The zero-order valence-electron chi connectivity index (χ0n) is 13.9. The topological polar surface area (TPSA) is 26.6 Å². The van der Waals surface area contributed by atoms with E-state index in [9.17, 15) is 0 Å². The van der Waals surface area contributed by atoms with Gasteiger partial charge in [-0.15, -0.1) is 4.68 Å². The van der Waals surface area contributed by atoms with Gasteiger partial charge in [-0.2, -0.15) is 4.68 Å². The Kier molecular flexibility index (Phi) is 2.97. The minimum atomic E-state index is 1.02. The summed E-state index contributed by atoms with van der Waals surface area (Å²) in [6.07, 6.45) is 6.04. The molecule has 0 amide bonds. The molecule has 0 N–H and O–H groups in total. The number of aryl methyl sites for hydroxylation is 1. The molecule has 0 aliphatic carbocycles. The molecule has 120 valence electrons. The Morgan fingerprint density at radius 1 is 0.840 bits per heavy atom. The lowest BCUT2D eigenvalue weighted by Gasteiger charge is -2.06. The molecule has 5 rings (SSSR count). The van der Waals surface area contributed by atoms with Gasteiger partial charge in [0.05, 0.1) is 23.6 Å². The van der Waals surface area contributed by atoms with Crippen LogP contribution in [0, 0.1) is 0 Å². The zero-order valence-corrected chi connectivity index (χ0v) is 13.9. The molecule has 0 aliphatic rings. The first kappa shape index (κ1) is 14.0. The Bertz CT molecular complexity index is 1150. The molecule has 0 fully saturated rings. The number of hydrogen-bond acceptors (Lipinski definition) is 1. The van der Waals surface area contributed by atoms with Crippen molar-refractivity contribution in [3.8, 4) is 11.4 Å². The molecule has 0 unspecified atom stereocenters. The Labute approximate surface area is 145 Å². The molecule has 0 saturated heterocycles. The Hall–Kier alpha value is -3.40. The third-order valence-corrected chi connectivity index (χ3v) is 4.63. The van der Waals surface area contributed by atoms with Crippen LogP contribution in [0.5, 0.6) is 0 Å². The summed E-state index contributed by atoms with van der Waals surface area (Å²) in [7, 11) is 2.07. The molecular weight excluding hydrogens is 308 g/mol. The van der Waals surface area contributed by atoms with E-state index in [1.54, 1.807) is 0 Å². The highest BCUT2D eigenvalue weighted by atomic mass is 15.5. The molecule has 0 spiro atoms. The van der Waals surface area contributed by atoms with Gasteiger partial charge in [-0.25, -0.2) is 4.57 Å². The van der Waals surface area contributed by atoms with E-state index in [0.717, 1.165) is 27.8 Å². The Morgan fingerprint density at radius 2 is 1.60 bits per heavy atom. The van der Waals surface area contributed by atoms with Crippen molar-refractivity contribution >= 4 is 21.9 Å². The van der Waals surface area contributed by atoms with E-state index in [-0.39, 0.29) is 0 Å². The van der Waals surface area contributed by atoms with Gasteiger partial charge in [0.15, 0.2) is 6.20 Å². The molecule has 0 atom stereocenters. The number of pyridine rings is 1. The summed E-state index contributed by atoms with van der Waals surface area (Å²) >= 11 is 0. The van der Waals surface area contributed by atoms with Crippen LogP contribution in [-0.2, 0) is 7.05 Å². The molecule has 2 aromatic carbocycles. The van der Waals surface area contributed by atoms with Crippen LogP contribution in [0.3, 0.4) is 0 Å². The first-order valence-electron chi connectivity index (χ1n) is 8.32. The van der Waals surface area contributed by atoms with Crippen molar-refractivity contribution in [3.05, 3.63) is 85.3 Å². The predicted molar refractivity (Wildman–Crippen MR) is 99.1 cm³/mol. The van der Waals surface area contributed by atoms with Crippen LogP contribution in [-0.4, -0.2) is 14.3 Å². The molecule has 0 saturated carbocycles. The summed E-state index contributed by atoms with van der Waals surface area (Å²) < 4.78 is 6.58. The summed E-state index contributed by atoms with van der Waals surface area (Å²) in [4.78, 5) is 4.62. The SMILES string of the molecule is C[n+]1ccn(-n2c3ccccc3c3ncccc32)c1-c1ccccc1. The van der Waals surface area contributed by atoms with E-state index in [4.69, 9.17) is 0 Å². The van der Waals surface area contributed by atoms with E-state index in [1.165, 1.54) is 5.56 Å². The molecule has 25 heavy (non-hydrogen) atoms. The highest BCUT2D eigenvalue weighted by Crippen LogP contribution is 2.28. The minimum absolute atomic E-state index is 1.02. The van der Waals surface area contributed by atoms with E-state index in [0.29, 0.717) is 0 Å². The minimum Gasteiger partial charge on any atom is -0.254 e. The predicted octanol–water partition coefficient (Wildman–Crippen LogP) is 3.79. The van der Waals surface area contributed by atoms with Crippen molar-refractivity contribution in [1.29, 1.82) is 0 Å². The quantitative estimate of drug-likeness (QED) is 0.454. The highest BCUT2D eigenvalue weighted by Gasteiger charge is 2.22. The molecule has 3 heterocycles. The summed E-state index contributed by atoms with van der Waals surface area (Å²) in [6.45, 7) is 0. The van der Waals surface area contributed by atoms with Gasteiger partial charge in [0.1, 0.15) is 11.7 Å². The Morgan fingerprint density at radius 3 is 2.48 bits per heavy atom. The molecule has 5 aromatic rings. The van der Waals surface area contributed by atoms with E-state index >= 15 is 0 Å². The van der Waals surface area contributed by atoms with Crippen molar-refractivity contribution in [3.63, 3.8) is 0 Å². The summed E-state index contributed by atoms with van der Waals surface area (Å²) in [5, 5.41) is 1.16. The monoisotopic (exact) mass is 325 g/mol. The van der Waals surface area contributed by atoms with E-state index < -0.39 is 0 Å². The molecule has 0 radical (unpaired) electrons. The lowest BCUT2D eigenvalue weighted by Crippen LogP contribution is -2.30. The lowest BCUT2D eigenvalue weighted by molar-refractivity contribution is -0.659. The van der Waals surface area contributed by atoms with Gasteiger partial charge in [0, 0.05) is 11.6 Å². The van der Waals surface area contributed by atoms with Crippen molar-refractivity contribution in [1.82, 2.24) is 14.3 Å². The number of nitrogens with zero attached hydrogens (tertiary/aromatic N) is 4. The van der Waals surface area contributed by atoms with Crippen molar-refractivity contribution in [2.75, 3.05) is 0 Å². The molecule has 0 bridgehead atoms. The molecule has 0 aliphatic heterocycles. The second-order valence-electron chi connectivity index (χ2n) is 6.14. The van der Waals surface area contributed by atoms with E-state index in [1.807, 2.05) is 18.3 Å². The highest BCUT2D eigenvalue weighted by molar-refractivity contribution is 6.05. The van der Waals surface area contributed by atoms with Gasteiger partial charge >= 0.3 is 5.82 Å². The largest absolute Gasteiger partial charge is 0.312 e. The fourth-order valence-corrected chi connectivity index (χ4v) is 3.55. The third kappa shape index (κ3) is 2.01. The third-order valence-electron chi connectivity index (χ3n) is 4.63. The number of para-hydroxylation sites is 1. The smallest absolute Gasteiger partial charge is 0.254 e. The van der Waals surface area contributed by atoms with Crippen molar-refractivity contribution < 1.29 is 4.57 Å². The number of hydrogen-bond donors (Lipinski definition) is 0. The van der Waals surface area contributed by atoms with Gasteiger partial charge < -0.3 is 0 Å². The second kappa shape index (κ2) is 5.31. The Balaban J connectivity index is 1.92. The van der Waals surface area contributed by atoms with Crippen LogP contribution < -0.4 is 4.57 Å². The number of benzene rings is 2. The molecule has 4 nitrogen and oxygen atoms in total. The molecule has 3 aromatic heterocycles. The fourth-order valence-electron chi connectivity index (χ4n) is 3.55. The van der Waals surface area contributed by atoms with Crippen LogP contribution in [0.4, 0.5) is 0 Å². The van der Waals surface area contributed by atoms with E-state index in [2.05, 4.69) is 92.9 Å². The van der Waals surface area contributed by atoms with Crippen LogP contribution >= 0.6 is 0 Å². The van der Waals surface area contributed by atoms with Crippen LogP contribution in [0.1, 0.15) is 0 Å².